The van der Waals surface area contributed by atoms with E-state index in [1.807, 2.05) is 0 Å². The molecule has 0 amide bonds. The second-order valence-corrected chi connectivity index (χ2v) is 5.00. The summed E-state index contributed by atoms with van der Waals surface area (Å²) in [7, 11) is 1.51. The van der Waals surface area contributed by atoms with Crippen molar-refractivity contribution < 1.29 is 14.3 Å². The van der Waals surface area contributed by atoms with Crippen molar-refractivity contribution in [1.82, 2.24) is 9.55 Å². The zero-order valence-electron chi connectivity index (χ0n) is 12.9. The van der Waals surface area contributed by atoms with E-state index >= 15 is 0 Å². The third-order valence-corrected chi connectivity index (χ3v) is 3.60. The minimum Gasteiger partial charge on any atom is -0.462 e. The first kappa shape index (κ1) is 15.2. The number of hydrogen-bond donors (Lipinski definition) is 0. The number of hydrogen-bond acceptors (Lipinski definition) is 5. The summed E-state index contributed by atoms with van der Waals surface area (Å²) in [6, 6.07) is 8.55. The van der Waals surface area contributed by atoms with E-state index in [4.69, 9.17) is 9.47 Å². The molecule has 3 aromatic rings. The van der Waals surface area contributed by atoms with Gasteiger partial charge in [-0.25, -0.2) is 4.79 Å². The van der Waals surface area contributed by atoms with E-state index in [0.29, 0.717) is 28.6 Å². The van der Waals surface area contributed by atoms with Crippen molar-refractivity contribution in [3.63, 3.8) is 0 Å². The van der Waals surface area contributed by atoms with E-state index in [-0.39, 0.29) is 12.3 Å². The van der Waals surface area contributed by atoms with E-state index in [2.05, 4.69) is 4.98 Å². The Labute approximate surface area is 132 Å². The van der Waals surface area contributed by atoms with Gasteiger partial charge in [0.05, 0.1) is 28.6 Å². The maximum absolute atomic E-state index is 12.7. The maximum atomic E-state index is 12.7. The minimum atomic E-state index is -0.424. The largest absolute Gasteiger partial charge is 0.462 e. The van der Waals surface area contributed by atoms with Crippen molar-refractivity contribution in [3.05, 3.63) is 52.4 Å². The van der Waals surface area contributed by atoms with E-state index < -0.39 is 5.97 Å². The molecule has 0 aliphatic carbocycles. The smallest absolute Gasteiger partial charge is 0.338 e. The van der Waals surface area contributed by atoms with E-state index in [1.54, 1.807) is 43.5 Å². The fraction of sp³-hybridized carbons (Fsp3) is 0.235. The molecule has 0 saturated carbocycles. The quantitative estimate of drug-likeness (QED) is 0.546. The number of aromatic nitrogens is 2. The number of rotatable bonds is 4. The Morgan fingerprint density at radius 2 is 2.09 bits per heavy atom. The fourth-order valence-electron chi connectivity index (χ4n) is 2.60. The molecule has 0 aliphatic rings. The Bertz CT molecular complexity index is 946. The number of pyridine rings is 2. The predicted molar refractivity (Wildman–Crippen MR) is 86.5 cm³/mol. The Morgan fingerprint density at radius 3 is 2.83 bits per heavy atom. The number of carbonyl (C=O) groups is 1. The molecule has 1 aromatic carbocycles. The molecule has 0 atom stereocenters. The molecule has 0 saturated heterocycles. The predicted octanol–water partition coefficient (Wildman–Crippen LogP) is 2.33. The van der Waals surface area contributed by atoms with Gasteiger partial charge in [-0.2, -0.15) is 0 Å². The number of fused-ring (bicyclic) bond motifs is 3. The highest BCUT2D eigenvalue weighted by Gasteiger charge is 2.14. The summed E-state index contributed by atoms with van der Waals surface area (Å²) in [5.41, 5.74) is 1.38. The zero-order chi connectivity index (χ0) is 16.4. The van der Waals surface area contributed by atoms with Gasteiger partial charge in [0.15, 0.2) is 0 Å². The first-order chi connectivity index (χ1) is 11.2. The van der Waals surface area contributed by atoms with Gasteiger partial charge in [0, 0.05) is 18.7 Å². The molecular formula is C17H16N2O4. The summed E-state index contributed by atoms with van der Waals surface area (Å²) >= 11 is 0. The van der Waals surface area contributed by atoms with Crippen molar-refractivity contribution in [1.29, 1.82) is 0 Å². The van der Waals surface area contributed by atoms with Crippen molar-refractivity contribution in [2.24, 2.45) is 0 Å². The van der Waals surface area contributed by atoms with Crippen molar-refractivity contribution in [2.45, 2.75) is 13.7 Å². The van der Waals surface area contributed by atoms with Crippen molar-refractivity contribution in [3.8, 4) is 0 Å². The average molecular weight is 312 g/mol. The van der Waals surface area contributed by atoms with Gasteiger partial charge in [0.2, 0.25) is 0 Å². The van der Waals surface area contributed by atoms with Crippen LogP contribution in [0, 0.1) is 0 Å². The van der Waals surface area contributed by atoms with Crippen LogP contribution in [-0.4, -0.2) is 29.2 Å². The second kappa shape index (κ2) is 6.18. The van der Waals surface area contributed by atoms with Gasteiger partial charge in [0.25, 0.3) is 5.56 Å². The van der Waals surface area contributed by atoms with Crippen LogP contribution in [0.5, 0.6) is 0 Å². The monoisotopic (exact) mass is 312 g/mol. The van der Waals surface area contributed by atoms with Crippen LogP contribution in [-0.2, 0) is 16.2 Å². The fourth-order valence-corrected chi connectivity index (χ4v) is 2.60. The third kappa shape index (κ3) is 2.57. The minimum absolute atomic E-state index is 0.0897. The molecule has 0 N–H and O–H groups in total. The maximum Gasteiger partial charge on any atom is 0.338 e. The number of methoxy groups -OCH3 is 1. The topological polar surface area (TPSA) is 70.4 Å². The Hall–Kier alpha value is -2.73. The molecular weight excluding hydrogens is 296 g/mol. The molecule has 23 heavy (non-hydrogen) atoms. The summed E-state index contributed by atoms with van der Waals surface area (Å²) < 4.78 is 11.6. The van der Waals surface area contributed by atoms with E-state index in [1.165, 1.54) is 11.7 Å². The van der Waals surface area contributed by atoms with Gasteiger partial charge in [-0.15, -0.1) is 0 Å². The molecule has 118 valence electrons. The van der Waals surface area contributed by atoms with Crippen LogP contribution < -0.4 is 5.56 Å². The molecule has 3 rings (SSSR count). The molecule has 0 aliphatic heterocycles. The van der Waals surface area contributed by atoms with Crippen LogP contribution in [0.15, 0.2) is 41.3 Å². The molecule has 2 aromatic heterocycles. The van der Waals surface area contributed by atoms with Gasteiger partial charge in [-0.05, 0) is 37.3 Å². The summed E-state index contributed by atoms with van der Waals surface area (Å²) in [5.74, 6) is -0.424. The van der Waals surface area contributed by atoms with Crippen LogP contribution in [0.3, 0.4) is 0 Å². The van der Waals surface area contributed by atoms with Crippen LogP contribution in [0.25, 0.3) is 21.8 Å². The van der Waals surface area contributed by atoms with Crippen LogP contribution in [0.1, 0.15) is 17.3 Å². The lowest BCUT2D eigenvalue weighted by atomic mass is 10.1. The SMILES string of the molecule is CCOC(=O)c1ccc2c3ncccc3c(=O)n(COC)c2c1. The van der Waals surface area contributed by atoms with Crippen LogP contribution in [0.2, 0.25) is 0 Å². The van der Waals surface area contributed by atoms with Gasteiger partial charge in [-0.3, -0.25) is 14.3 Å². The molecule has 0 bridgehead atoms. The number of carbonyl (C=O) groups excluding carboxylic acids is 1. The number of esters is 1. The van der Waals surface area contributed by atoms with Crippen LogP contribution >= 0.6 is 0 Å². The van der Waals surface area contributed by atoms with Gasteiger partial charge in [0.1, 0.15) is 6.73 Å². The Balaban J connectivity index is 2.37. The first-order valence-corrected chi connectivity index (χ1v) is 7.24. The lowest BCUT2D eigenvalue weighted by Crippen LogP contribution is -2.22. The molecule has 0 unspecified atom stereocenters. The Kier molecular flexibility index (Phi) is 4.08. The summed E-state index contributed by atoms with van der Waals surface area (Å²) in [5, 5.41) is 1.30. The molecule has 0 spiro atoms. The number of nitrogens with zero attached hydrogens (tertiary/aromatic N) is 2. The van der Waals surface area contributed by atoms with Gasteiger partial charge < -0.3 is 9.47 Å². The summed E-state index contributed by atoms with van der Waals surface area (Å²) in [6.45, 7) is 2.13. The molecule has 6 nitrogen and oxygen atoms in total. The highest BCUT2D eigenvalue weighted by molar-refractivity contribution is 6.05. The van der Waals surface area contributed by atoms with Crippen LogP contribution in [0.4, 0.5) is 0 Å². The van der Waals surface area contributed by atoms with Gasteiger partial charge in [-0.1, -0.05) is 0 Å². The highest BCUT2D eigenvalue weighted by Crippen LogP contribution is 2.22. The van der Waals surface area contributed by atoms with Crippen molar-refractivity contribution >= 4 is 27.8 Å². The Morgan fingerprint density at radius 1 is 1.26 bits per heavy atom. The standard InChI is InChI=1S/C17H16N2O4/c1-3-23-17(21)11-6-7-12-14(9-11)19(10-22-2)16(20)13-5-4-8-18-15(12)13/h4-9H,3,10H2,1-2H3. The third-order valence-electron chi connectivity index (χ3n) is 3.60. The molecule has 0 fully saturated rings. The first-order valence-electron chi connectivity index (χ1n) is 7.24. The van der Waals surface area contributed by atoms with Crippen molar-refractivity contribution in [2.75, 3.05) is 13.7 Å². The van der Waals surface area contributed by atoms with E-state index in [9.17, 15) is 9.59 Å². The molecule has 2 heterocycles. The highest BCUT2D eigenvalue weighted by atomic mass is 16.5. The lowest BCUT2D eigenvalue weighted by molar-refractivity contribution is 0.0526. The summed E-state index contributed by atoms with van der Waals surface area (Å²) in [4.78, 5) is 28.9. The second-order valence-electron chi connectivity index (χ2n) is 5.00. The summed E-state index contributed by atoms with van der Waals surface area (Å²) in [6.07, 6.45) is 1.64. The molecule has 0 radical (unpaired) electrons. The average Bonchev–Trinajstić information content (AvgIpc) is 2.58. The zero-order valence-corrected chi connectivity index (χ0v) is 12.9. The number of benzene rings is 1. The lowest BCUT2D eigenvalue weighted by Gasteiger charge is -2.12. The van der Waals surface area contributed by atoms with E-state index in [0.717, 1.165) is 5.39 Å². The normalized spacial score (nSPS) is 11.0. The number of ether oxygens (including phenoxy) is 2. The van der Waals surface area contributed by atoms with Gasteiger partial charge >= 0.3 is 5.97 Å². The molecule has 6 heteroatoms.